The molecule has 27 heavy (non-hydrogen) atoms. The average Bonchev–Trinajstić information content (AvgIpc) is 2.50. The zero-order chi connectivity index (χ0) is 20.5. The van der Waals surface area contributed by atoms with E-state index in [1.807, 2.05) is 0 Å². The normalized spacial score (nSPS) is 43.2. The molecule has 5 unspecified atom stereocenters. The van der Waals surface area contributed by atoms with Gasteiger partial charge in [-0.25, -0.2) is 22.7 Å². The molecule has 15 nitrogen and oxygen atoms in total. The molecular formula is C7H15BO15P4. The van der Waals surface area contributed by atoms with Crippen molar-refractivity contribution in [3.05, 3.63) is 0 Å². The predicted molar refractivity (Wildman–Crippen MR) is 83.2 cm³/mol. The van der Waals surface area contributed by atoms with E-state index in [-0.39, 0.29) is 19.3 Å². The lowest BCUT2D eigenvalue weighted by atomic mass is 9.93. The van der Waals surface area contributed by atoms with Crippen LogP contribution in [0, 0.1) is 0 Å². The zero-order valence-corrected chi connectivity index (χ0v) is 16.7. The Morgan fingerprint density at radius 1 is 1.04 bits per heavy atom. The molecule has 156 valence electrons. The molecule has 2 rings (SSSR count). The topological polar surface area (TPSA) is 217 Å². The second-order valence-electron chi connectivity index (χ2n) is 5.20. The molecule has 2 fully saturated rings. The van der Waals surface area contributed by atoms with E-state index in [9.17, 15) is 28.4 Å². The van der Waals surface area contributed by atoms with Gasteiger partial charge < -0.3 is 28.9 Å². The lowest BCUT2D eigenvalue weighted by Crippen LogP contribution is -2.39. The molecule has 1 saturated carbocycles. The second-order valence-corrected chi connectivity index (χ2v) is 9.99. The summed E-state index contributed by atoms with van der Waals surface area (Å²) in [7, 11) is -13.2. The van der Waals surface area contributed by atoms with Crippen LogP contribution in [-0.2, 0) is 45.3 Å². The highest BCUT2D eigenvalue weighted by atomic mass is 31.2. The fourth-order valence-electron chi connectivity index (χ4n) is 2.35. The zero-order valence-electron chi connectivity index (χ0n) is 13.1. The molecule has 1 saturated heterocycles. The van der Waals surface area contributed by atoms with Crippen LogP contribution in [-0.4, -0.2) is 57.3 Å². The highest BCUT2D eigenvalue weighted by Crippen LogP contribution is 2.58. The van der Waals surface area contributed by atoms with Crippen LogP contribution in [0.3, 0.4) is 0 Å². The Kier molecular flexibility index (Phi) is 8.20. The molecule has 1 heterocycles. The number of rotatable bonds is 5. The van der Waals surface area contributed by atoms with Crippen molar-refractivity contribution < 1.29 is 69.7 Å². The third kappa shape index (κ3) is 7.80. The van der Waals surface area contributed by atoms with Gasteiger partial charge in [-0.05, 0) is 12.8 Å². The van der Waals surface area contributed by atoms with Crippen molar-refractivity contribution in [3.63, 3.8) is 0 Å². The molecule has 1 aliphatic carbocycles. The summed E-state index contributed by atoms with van der Waals surface area (Å²) in [5.74, 6) is 0. The van der Waals surface area contributed by atoms with Gasteiger partial charge in [0.2, 0.25) is 0 Å². The first-order valence-corrected chi connectivity index (χ1v) is 12.6. The van der Waals surface area contributed by atoms with Crippen molar-refractivity contribution in [1.29, 1.82) is 0 Å². The Bertz CT molecular complexity index is 658. The molecule has 0 spiro atoms. The highest BCUT2D eigenvalue weighted by Gasteiger charge is 2.47. The molecule has 0 aromatic rings. The van der Waals surface area contributed by atoms with E-state index in [1.165, 1.54) is 0 Å². The van der Waals surface area contributed by atoms with Gasteiger partial charge >= 0.3 is 32.1 Å². The fourth-order valence-corrected chi connectivity index (χ4v) is 5.26. The first kappa shape index (κ1) is 24.0. The summed E-state index contributed by atoms with van der Waals surface area (Å²) >= 11 is 0. The van der Waals surface area contributed by atoms with Crippen molar-refractivity contribution in [3.8, 4) is 0 Å². The first-order valence-electron chi connectivity index (χ1n) is 6.94. The van der Waals surface area contributed by atoms with Crippen LogP contribution < -0.4 is 0 Å². The summed E-state index contributed by atoms with van der Waals surface area (Å²) in [5.41, 5.74) is 0. The molecule has 20 heteroatoms. The summed E-state index contributed by atoms with van der Waals surface area (Å²) in [4.78, 5) is 46.2. The number of phosphoric acid groups is 3. The van der Waals surface area contributed by atoms with Crippen LogP contribution in [0.4, 0.5) is 0 Å². The Morgan fingerprint density at radius 2 is 1.59 bits per heavy atom. The minimum absolute atomic E-state index is 0.00642. The largest absolute Gasteiger partial charge is 0.476 e. The van der Waals surface area contributed by atoms with Crippen molar-refractivity contribution in [1.82, 2.24) is 0 Å². The van der Waals surface area contributed by atoms with Crippen molar-refractivity contribution in [2.45, 2.75) is 44.1 Å². The molecule has 0 amide bonds. The van der Waals surface area contributed by atoms with E-state index in [1.54, 1.807) is 0 Å². The van der Waals surface area contributed by atoms with Crippen LogP contribution in [0.2, 0.25) is 0 Å². The van der Waals surface area contributed by atoms with Gasteiger partial charge in [-0.15, -0.1) is 0 Å². The smallest absolute Gasteiger partial charge is 0.362 e. The molecule has 0 aromatic carbocycles. The van der Waals surface area contributed by atoms with Crippen LogP contribution in [0.5, 0.6) is 0 Å². The fraction of sp³-hybridized carbons (Fsp3) is 1.00. The van der Waals surface area contributed by atoms with Gasteiger partial charge in [0.05, 0.1) is 18.3 Å². The Balaban J connectivity index is 2.20. The molecule has 7 atom stereocenters. The van der Waals surface area contributed by atoms with Crippen LogP contribution in [0.1, 0.15) is 19.3 Å². The molecule has 2 radical (unpaired) electrons. The summed E-state index contributed by atoms with van der Waals surface area (Å²) in [6.07, 6.45) is -4.26. The maximum Gasteiger partial charge on any atom is 0.476 e. The van der Waals surface area contributed by atoms with Gasteiger partial charge in [-0.1, -0.05) is 0 Å². The number of phosphoric ester groups is 3. The van der Waals surface area contributed by atoms with Gasteiger partial charge in [0.25, 0.3) is 14.5 Å². The number of fused-ring (bicyclic) bond motifs is 1. The number of hydrogen-bond donors (Lipinski definition) is 5. The van der Waals surface area contributed by atoms with E-state index in [2.05, 4.69) is 26.1 Å². The second kappa shape index (κ2) is 9.24. The third-order valence-corrected chi connectivity index (χ3v) is 6.40. The van der Waals surface area contributed by atoms with Gasteiger partial charge in [0, 0.05) is 6.42 Å². The summed E-state index contributed by atoms with van der Waals surface area (Å²) < 4.78 is 66.5. The Morgan fingerprint density at radius 3 is 2.11 bits per heavy atom. The van der Waals surface area contributed by atoms with Crippen LogP contribution in [0.25, 0.3) is 0 Å². The molecule has 5 N–H and O–H groups in total. The molecule has 0 bridgehead atoms. The van der Waals surface area contributed by atoms with E-state index in [0.29, 0.717) is 0 Å². The van der Waals surface area contributed by atoms with Crippen LogP contribution >= 0.6 is 32.1 Å². The van der Waals surface area contributed by atoms with Crippen LogP contribution in [0.15, 0.2) is 0 Å². The van der Waals surface area contributed by atoms with Crippen molar-refractivity contribution in [2.75, 3.05) is 0 Å². The first-order chi connectivity index (χ1) is 12.3. The van der Waals surface area contributed by atoms with E-state index >= 15 is 0 Å². The highest BCUT2D eigenvalue weighted by molar-refractivity contribution is 7.48. The maximum atomic E-state index is 12.0. The quantitative estimate of drug-likeness (QED) is 0.267. The van der Waals surface area contributed by atoms with E-state index < -0.39 is 56.9 Å². The Hall–Kier alpha value is 0.705. The summed E-state index contributed by atoms with van der Waals surface area (Å²) in [6, 6.07) is 0. The minimum atomic E-state index is -5.05. The summed E-state index contributed by atoms with van der Waals surface area (Å²) in [6.45, 7) is -2.48. The van der Waals surface area contributed by atoms with Gasteiger partial charge in [0.1, 0.15) is 0 Å². The third-order valence-electron chi connectivity index (χ3n) is 3.25. The van der Waals surface area contributed by atoms with E-state index in [0.717, 1.165) is 0 Å². The molecule has 2 aliphatic rings. The predicted octanol–water partition coefficient (Wildman–Crippen LogP) is 0.286. The van der Waals surface area contributed by atoms with E-state index in [4.69, 9.17) is 23.4 Å². The van der Waals surface area contributed by atoms with Crippen molar-refractivity contribution in [2.24, 2.45) is 0 Å². The number of hydrogen-bond acceptors (Lipinski definition) is 12. The lowest BCUT2D eigenvalue weighted by Gasteiger charge is -2.35. The molecule has 0 aromatic heterocycles. The molecule has 1 aliphatic heterocycles. The molecular weight excluding hydrogens is 459 g/mol. The van der Waals surface area contributed by atoms with Gasteiger partial charge in [-0.2, -0.15) is 0 Å². The Labute approximate surface area is 154 Å². The van der Waals surface area contributed by atoms with Gasteiger partial charge in [0.15, 0.2) is 0 Å². The average molecular weight is 474 g/mol. The van der Waals surface area contributed by atoms with Gasteiger partial charge in [-0.3, -0.25) is 18.1 Å². The lowest BCUT2D eigenvalue weighted by molar-refractivity contribution is -0.164. The SMILES string of the molecule is [B]OP(=O)(O)O[C@H]1CC[C@H]2OP(=O)(O)OC(OP(O)O)OP(=O)(O)OC2C1. The summed E-state index contributed by atoms with van der Waals surface area (Å²) in [5, 5.41) is 0. The minimum Gasteiger partial charge on any atom is -0.362 e. The van der Waals surface area contributed by atoms with Crippen molar-refractivity contribution >= 4 is 40.1 Å². The maximum absolute atomic E-state index is 12.0. The standard InChI is InChI=1S/C7H15BO15P4/c8-23-27(15,16)18-4-1-2-5-6(3-4)20-26(13,14)22-7(17-24(9)10)21-25(11,12)19-5/h4-7,9-10H,1-3H2,(H,11,12)(H,13,14)(H,15,16)/t4-,5+,6?,7?/m0/s1. The monoisotopic (exact) mass is 474 g/mol.